The van der Waals surface area contributed by atoms with Gasteiger partial charge in [0.2, 0.25) is 0 Å². The topological polar surface area (TPSA) is 44.4 Å². The van der Waals surface area contributed by atoms with E-state index in [2.05, 4.69) is 34.7 Å². The first-order valence-corrected chi connectivity index (χ1v) is 7.64. The SMILES string of the molecule is CN1CCCc2ccc(NC(=O)NC3CCCC3)cc21. The Morgan fingerprint density at radius 3 is 2.85 bits per heavy atom. The molecule has 0 radical (unpaired) electrons. The minimum atomic E-state index is -0.0738. The Balaban J connectivity index is 1.65. The van der Waals surface area contributed by atoms with E-state index in [0.29, 0.717) is 6.04 Å². The third kappa shape index (κ3) is 2.89. The highest BCUT2D eigenvalue weighted by Gasteiger charge is 2.18. The predicted octanol–water partition coefficient (Wildman–Crippen LogP) is 3.13. The molecule has 1 aromatic carbocycles. The van der Waals surface area contributed by atoms with E-state index in [1.165, 1.54) is 30.5 Å². The fourth-order valence-corrected chi connectivity index (χ4v) is 3.26. The molecule has 20 heavy (non-hydrogen) atoms. The van der Waals surface area contributed by atoms with Gasteiger partial charge in [-0.2, -0.15) is 0 Å². The van der Waals surface area contributed by atoms with Crippen LogP contribution in [0.2, 0.25) is 0 Å². The highest BCUT2D eigenvalue weighted by Crippen LogP contribution is 2.29. The third-order valence-corrected chi connectivity index (χ3v) is 4.38. The largest absolute Gasteiger partial charge is 0.374 e. The van der Waals surface area contributed by atoms with Gasteiger partial charge >= 0.3 is 6.03 Å². The first-order chi connectivity index (χ1) is 9.72. The molecule has 1 fully saturated rings. The maximum absolute atomic E-state index is 12.0. The zero-order valence-corrected chi connectivity index (χ0v) is 12.1. The number of anilines is 2. The predicted molar refractivity (Wildman–Crippen MR) is 82.4 cm³/mol. The molecule has 3 rings (SSSR count). The molecule has 0 saturated heterocycles. The quantitative estimate of drug-likeness (QED) is 0.869. The number of hydrogen-bond acceptors (Lipinski definition) is 2. The number of benzene rings is 1. The summed E-state index contributed by atoms with van der Waals surface area (Å²) in [4.78, 5) is 14.2. The van der Waals surface area contributed by atoms with Gasteiger partial charge < -0.3 is 15.5 Å². The Bertz CT molecular complexity index is 494. The summed E-state index contributed by atoms with van der Waals surface area (Å²) in [7, 11) is 2.11. The van der Waals surface area contributed by atoms with Gasteiger partial charge in [0.1, 0.15) is 0 Å². The Labute approximate surface area is 120 Å². The van der Waals surface area contributed by atoms with E-state index in [1.54, 1.807) is 0 Å². The second-order valence-electron chi connectivity index (χ2n) is 5.95. The van der Waals surface area contributed by atoms with Gasteiger partial charge in [-0.05, 0) is 43.4 Å². The van der Waals surface area contributed by atoms with Crippen molar-refractivity contribution < 1.29 is 4.79 Å². The fraction of sp³-hybridized carbons (Fsp3) is 0.562. The number of hydrogen-bond donors (Lipinski definition) is 2. The van der Waals surface area contributed by atoms with Crippen LogP contribution in [0.15, 0.2) is 18.2 Å². The summed E-state index contributed by atoms with van der Waals surface area (Å²) < 4.78 is 0. The molecule has 4 heteroatoms. The molecular weight excluding hydrogens is 250 g/mol. The molecule has 1 aliphatic heterocycles. The highest BCUT2D eigenvalue weighted by molar-refractivity contribution is 5.90. The maximum Gasteiger partial charge on any atom is 0.319 e. The fourth-order valence-electron chi connectivity index (χ4n) is 3.26. The number of urea groups is 1. The van der Waals surface area contributed by atoms with E-state index < -0.39 is 0 Å². The lowest BCUT2D eigenvalue weighted by atomic mass is 10.0. The third-order valence-electron chi connectivity index (χ3n) is 4.38. The molecule has 2 aliphatic rings. The van der Waals surface area contributed by atoms with Crippen molar-refractivity contribution in [3.63, 3.8) is 0 Å². The molecule has 0 unspecified atom stereocenters. The van der Waals surface area contributed by atoms with Crippen molar-refractivity contribution in [1.82, 2.24) is 5.32 Å². The van der Waals surface area contributed by atoms with E-state index in [4.69, 9.17) is 0 Å². The van der Waals surface area contributed by atoms with Crippen LogP contribution in [0.4, 0.5) is 16.2 Å². The van der Waals surface area contributed by atoms with Gasteiger partial charge in [0.15, 0.2) is 0 Å². The Morgan fingerprint density at radius 1 is 1.25 bits per heavy atom. The first kappa shape index (κ1) is 13.3. The zero-order valence-electron chi connectivity index (χ0n) is 12.1. The van der Waals surface area contributed by atoms with Crippen LogP contribution in [-0.4, -0.2) is 25.7 Å². The van der Waals surface area contributed by atoms with E-state index >= 15 is 0 Å². The zero-order chi connectivity index (χ0) is 13.9. The van der Waals surface area contributed by atoms with Gasteiger partial charge in [0, 0.05) is 31.0 Å². The Kier molecular flexibility index (Phi) is 3.81. The smallest absolute Gasteiger partial charge is 0.319 e. The molecule has 0 spiro atoms. The lowest BCUT2D eigenvalue weighted by Gasteiger charge is -2.28. The standard InChI is InChI=1S/C16H23N3O/c1-19-10-4-5-12-8-9-14(11-15(12)19)18-16(20)17-13-6-2-3-7-13/h8-9,11,13H,2-7,10H2,1H3,(H2,17,18,20). The summed E-state index contributed by atoms with van der Waals surface area (Å²) >= 11 is 0. The summed E-state index contributed by atoms with van der Waals surface area (Å²) in [6, 6.07) is 6.51. The van der Waals surface area contributed by atoms with Crippen LogP contribution in [0.3, 0.4) is 0 Å². The van der Waals surface area contributed by atoms with Crippen LogP contribution in [0.1, 0.15) is 37.7 Å². The summed E-state index contributed by atoms with van der Waals surface area (Å²) in [5.41, 5.74) is 3.50. The first-order valence-electron chi connectivity index (χ1n) is 7.64. The number of amides is 2. The number of aryl methyl sites for hydroxylation is 1. The number of nitrogens with one attached hydrogen (secondary N) is 2. The summed E-state index contributed by atoms with van der Waals surface area (Å²) in [5.74, 6) is 0. The van der Waals surface area contributed by atoms with Gasteiger partial charge in [-0.1, -0.05) is 18.9 Å². The van der Waals surface area contributed by atoms with E-state index in [-0.39, 0.29) is 6.03 Å². The molecule has 2 N–H and O–H groups in total. The van der Waals surface area contributed by atoms with E-state index in [0.717, 1.165) is 31.5 Å². The second-order valence-corrected chi connectivity index (χ2v) is 5.95. The van der Waals surface area contributed by atoms with Crippen LogP contribution in [0.5, 0.6) is 0 Å². The van der Waals surface area contributed by atoms with Gasteiger partial charge in [-0.15, -0.1) is 0 Å². The minimum Gasteiger partial charge on any atom is -0.374 e. The van der Waals surface area contributed by atoms with Crippen molar-refractivity contribution in [3.05, 3.63) is 23.8 Å². The van der Waals surface area contributed by atoms with Gasteiger partial charge in [-0.3, -0.25) is 0 Å². The maximum atomic E-state index is 12.0. The summed E-state index contributed by atoms with van der Waals surface area (Å²) in [5, 5.41) is 6.02. The molecule has 4 nitrogen and oxygen atoms in total. The average molecular weight is 273 g/mol. The second kappa shape index (κ2) is 5.73. The van der Waals surface area contributed by atoms with Crippen LogP contribution >= 0.6 is 0 Å². The van der Waals surface area contributed by atoms with Crippen molar-refractivity contribution in [3.8, 4) is 0 Å². The molecule has 108 valence electrons. The van der Waals surface area contributed by atoms with Crippen molar-refractivity contribution in [1.29, 1.82) is 0 Å². The van der Waals surface area contributed by atoms with Crippen molar-refractivity contribution >= 4 is 17.4 Å². The molecule has 1 aromatic rings. The van der Waals surface area contributed by atoms with Gasteiger partial charge in [0.25, 0.3) is 0 Å². The summed E-state index contributed by atoms with van der Waals surface area (Å²) in [6.45, 7) is 1.09. The Morgan fingerprint density at radius 2 is 2.05 bits per heavy atom. The molecule has 1 heterocycles. The number of carbonyl (C=O) groups excluding carboxylic acids is 1. The summed E-state index contributed by atoms with van der Waals surface area (Å²) in [6.07, 6.45) is 7.02. The van der Waals surface area contributed by atoms with Gasteiger partial charge in [0.05, 0.1) is 0 Å². The van der Waals surface area contributed by atoms with Crippen LogP contribution < -0.4 is 15.5 Å². The number of fused-ring (bicyclic) bond motifs is 1. The average Bonchev–Trinajstić information content (AvgIpc) is 2.92. The van der Waals surface area contributed by atoms with E-state index in [9.17, 15) is 4.79 Å². The molecule has 1 aliphatic carbocycles. The lowest BCUT2D eigenvalue weighted by Crippen LogP contribution is -2.36. The van der Waals surface area contributed by atoms with Crippen LogP contribution in [0, 0.1) is 0 Å². The normalized spacial score (nSPS) is 18.8. The van der Waals surface area contributed by atoms with Crippen molar-refractivity contribution in [2.45, 2.75) is 44.6 Å². The van der Waals surface area contributed by atoms with E-state index in [1.807, 2.05) is 6.07 Å². The van der Waals surface area contributed by atoms with Crippen molar-refractivity contribution in [2.24, 2.45) is 0 Å². The lowest BCUT2D eigenvalue weighted by molar-refractivity contribution is 0.248. The van der Waals surface area contributed by atoms with Gasteiger partial charge in [-0.25, -0.2) is 4.79 Å². The molecule has 1 saturated carbocycles. The molecule has 0 bridgehead atoms. The highest BCUT2D eigenvalue weighted by atomic mass is 16.2. The molecular formula is C16H23N3O. The van der Waals surface area contributed by atoms with Crippen LogP contribution in [-0.2, 0) is 6.42 Å². The molecule has 0 atom stereocenters. The molecule has 0 aromatic heterocycles. The number of carbonyl (C=O) groups is 1. The molecule has 2 amide bonds. The number of nitrogens with zero attached hydrogens (tertiary/aromatic N) is 1. The number of rotatable bonds is 2. The van der Waals surface area contributed by atoms with Crippen LogP contribution in [0.25, 0.3) is 0 Å². The van der Waals surface area contributed by atoms with Crippen molar-refractivity contribution in [2.75, 3.05) is 23.8 Å². The minimum absolute atomic E-state index is 0.0738. The Hall–Kier alpha value is -1.71. The monoisotopic (exact) mass is 273 g/mol.